The van der Waals surface area contributed by atoms with Crippen LogP contribution in [0.2, 0.25) is 0 Å². The molecule has 3 rings (SSSR count). The first-order chi connectivity index (χ1) is 10.3. The highest BCUT2D eigenvalue weighted by atomic mass is 16.2. The van der Waals surface area contributed by atoms with E-state index in [-0.39, 0.29) is 0 Å². The van der Waals surface area contributed by atoms with Crippen molar-refractivity contribution < 1.29 is 9.36 Å². The van der Waals surface area contributed by atoms with E-state index < -0.39 is 0 Å². The normalized spacial score (nSPS) is 29.6. The molecule has 2 heterocycles. The number of hydrogen-bond donors (Lipinski definition) is 0. The van der Waals surface area contributed by atoms with E-state index in [1.54, 1.807) is 0 Å². The van der Waals surface area contributed by atoms with Crippen molar-refractivity contribution in [3.8, 4) is 0 Å². The highest BCUT2D eigenvalue weighted by Crippen LogP contribution is 2.52. The summed E-state index contributed by atoms with van der Waals surface area (Å²) in [6.07, 6.45) is 8.34. The molecule has 120 valence electrons. The Morgan fingerprint density at radius 3 is 2.64 bits per heavy atom. The topological polar surface area (TPSA) is 24.2 Å². The number of carbonyl (C=O) groups is 1. The van der Waals surface area contributed by atoms with E-state index in [1.807, 2.05) is 0 Å². The summed E-state index contributed by atoms with van der Waals surface area (Å²) < 4.78 is 2.11. The first kappa shape index (κ1) is 15.5. The average Bonchev–Trinajstić information content (AvgIpc) is 2.67. The monoisotopic (exact) mass is 301 g/mol. The molecule has 1 aliphatic carbocycles. The highest BCUT2D eigenvalue weighted by molar-refractivity contribution is 5.76. The van der Waals surface area contributed by atoms with Gasteiger partial charge < -0.3 is 4.90 Å². The third-order valence-electron chi connectivity index (χ3n) is 5.38. The van der Waals surface area contributed by atoms with Crippen molar-refractivity contribution in [1.29, 1.82) is 0 Å². The first-order valence-electron chi connectivity index (χ1n) is 8.52. The van der Waals surface area contributed by atoms with Crippen LogP contribution in [0.3, 0.4) is 0 Å². The number of rotatable bonds is 3. The van der Waals surface area contributed by atoms with Gasteiger partial charge in [-0.15, -0.1) is 0 Å². The predicted octanol–water partition coefficient (Wildman–Crippen LogP) is 3.10. The molecular formula is C19H29N2O+. The zero-order chi connectivity index (χ0) is 16.0. The van der Waals surface area contributed by atoms with Crippen molar-refractivity contribution in [3.05, 3.63) is 30.1 Å². The summed E-state index contributed by atoms with van der Waals surface area (Å²) in [5.74, 6) is 0.333. The Morgan fingerprint density at radius 1 is 1.27 bits per heavy atom. The molecule has 1 saturated carbocycles. The number of amides is 1. The minimum Gasteiger partial charge on any atom is -0.339 e. The van der Waals surface area contributed by atoms with Gasteiger partial charge in [0.2, 0.25) is 5.91 Å². The van der Waals surface area contributed by atoms with Gasteiger partial charge in [0.1, 0.15) is 0 Å². The number of aryl methyl sites for hydroxylation is 2. The summed E-state index contributed by atoms with van der Waals surface area (Å²) >= 11 is 0. The fraction of sp³-hybridized carbons (Fsp3) is 0.684. The number of fused-ring (bicyclic) bond motifs is 2. The molecule has 1 aliphatic heterocycles. The number of nitrogens with zero attached hydrogens (tertiary/aromatic N) is 2. The largest absolute Gasteiger partial charge is 0.339 e. The maximum atomic E-state index is 12.7. The molecule has 2 fully saturated rings. The van der Waals surface area contributed by atoms with E-state index in [0.29, 0.717) is 29.2 Å². The zero-order valence-electron chi connectivity index (χ0n) is 14.4. The second-order valence-electron chi connectivity index (χ2n) is 8.60. The van der Waals surface area contributed by atoms with Gasteiger partial charge in [0.15, 0.2) is 18.9 Å². The van der Waals surface area contributed by atoms with Crippen LogP contribution >= 0.6 is 0 Å². The lowest BCUT2D eigenvalue weighted by Crippen LogP contribution is -2.41. The molecule has 1 saturated heterocycles. The molecule has 2 bridgehead atoms. The lowest BCUT2D eigenvalue weighted by Gasteiger charge is -2.39. The van der Waals surface area contributed by atoms with Gasteiger partial charge in [0.05, 0.1) is 6.42 Å². The summed E-state index contributed by atoms with van der Waals surface area (Å²) in [6, 6.07) is 4.65. The van der Waals surface area contributed by atoms with Crippen LogP contribution in [-0.4, -0.2) is 23.4 Å². The maximum Gasteiger partial charge on any atom is 0.229 e. The summed E-state index contributed by atoms with van der Waals surface area (Å²) in [4.78, 5) is 14.9. The van der Waals surface area contributed by atoms with Crippen LogP contribution in [0.4, 0.5) is 0 Å². The summed E-state index contributed by atoms with van der Waals surface area (Å²) in [7, 11) is 0. The molecule has 3 heteroatoms. The van der Waals surface area contributed by atoms with Gasteiger partial charge in [-0.2, -0.15) is 0 Å². The summed E-state index contributed by atoms with van der Waals surface area (Å²) in [6.45, 7) is 10.9. The molecule has 1 aromatic heterocycles. The van der Waals surface area contributed by atoms with Crippen molar-refractivity contribution in [2.24, 2.45) is 10.8 Å². The van der Waals surface area contributed by atoms with Crippen LogP contribution in [0, 0.1) is 17.8 Å². The minimum atomic E-state index is 0.332. The van der Waals surface area contributed by atoms with E-state index in [2.05, 4.69) is 61.7 Å². The number of pyridine rings is 1. The van der Waals surface area contributed by atoms with E-state index in [1.165, 1.54) is 18.4 Å². The third kappa shape index (κ3) is 3.18. The molecule has 2 unspecified atom stereocenters. The Bertz CT molecular complexity index is 563. The molecule has 1 amide bonds. The molecule has 2 atom stereocenters. The fourth-order valence-corrected chi connectivity index (χ4v) is 4.80. The van der Waals surface area contributed by atoms with Gasteiger partial charge in [-0.1, -0.05) is 20.8 Å². The second-order valence-corrected chi connectivity index (χ2v) is 8.60. The van der Waals surface area contributed by atoms with Gasteiger partial charge in [0.25, 0.3) is 0 Å². The SMILES string of the molecule is Cc1cc[n+](CCC(=O)N2CC3(C)CC2CC(C)(C)C3)cc1. The number of hydrogen-bond acceptors (Lipinski definition) is 1. The first-order valence-corrected chi connectivity index (χ1v) is 8.52. The van der Waals surface area contributed by atoms with Crippen LogP contribution in [0.5, 0.6) is 0 Å². The second kappa shape index (κ2) is 5.36. The van der Waals surface area contributed by atoms with E-state index in [0.717, 1.165) is 19.5 Å². The Hall–Kier alpha value is -1.38. The minimum absolute atomic E-state index is 0.332. The van der Waals surface area contributed by atoms with Crippen molar-refractivity contribution in [2.45, 2.75) is 66.0 Å². The molecule has 0 N–H and O–H groups in total. The third-order valence-corrected chi connectivity index (χ3v) is 5.38. The van der Waals surface area contributed by atoms with Crippen molar-refractivity contribution in [2.75, 3.05) is 6.54 Å². The van der Waals surface area contributed by atoms with Crippen molar-refractivity contribution >= 4 is 5.91 Å². The average molecular weight is 301 g/mol. The van der Waals surface area contributed by atoms with Gasteiger partial charge >= 0.3 is 0 Å². The van der Waals surface area contributed by atoms with Crippen molar-refractivity contribution in [3.63, 3.8) is 0 Å². The summed E-state index contributed by atoms with van der Waals surface area (Å²) in [5, 5.41) is 0. The maximum absolute atomic E-state index is 12.7. The Morgan fingerprint density at radius 2 is 1.95 bits per heavy atom. The lowest BCUT2D eigenvalue weighted by atomic mass is 9.65. The molecule has 2 aliphatic rings. The molecule has 0 radical (unpaired) electrons. The van der Waals surface area contributed by atoms with Crippen LogP contribution < -0.4 is 4.57 Å². The molecule has 0 spiro atoms. The Balaban J connectivity index is 1.62. The van der Waals surface area contributed by atoms with Gasteiger partial charge in [-0.05, 0) is 42.6 Å². The zero-order valence-corrected chi connectivity index (χ0v) is 14.4. The Labute approximate surface area is 134 Å². The van der Waals surface area contributed by atoms with Crippen LogP contribution in [0.25, 0.3) is 0 Å². The Kier molecular flexibility index (Phi) is 3.78. The predicted molar refractivity (Wildman–Crippen MR) is 87.2 cm³/mol. The van der Waals surface area contributed by atoms with E-state index in [9.17, 15) is 4.79 Å². The molecule has 0 aromatic carbocycles. The van der Waals surface area contributed by atoms with Crippen molar-refractivity contribution in [1.82, 2.24) is 4.90 Å². The molecule has 3 nitrogen and oxygen atoms in total. The molecule has 1 aromatic rings. The van der Waals surface area contributed by atoms with Gasteiger partial charge in [-0.25, -0.2) is 4.57 Å². The van der Waals surface area contributed by atoms with E-state index in [4.69, 9.17) is 0 Å². The number of likely N-dealkylation sites (tertiary alicyclic amines) is 1. The lowest BCUT2D eigenvalue weighted by molar-refractivity contribution is -0.696. The van der Waals surface area contributed by atoms with Crippen LogP contribution in [0.15, 0.2) is 24.5 Å². The van der Waals surface area contributed by atoms with Gasteiger partial charge in [-0.3, -0.25) is 4.79 Å². The van der Waals surface area contributed by atoms with Crippen LogP contribution in [-0.2, 0) is 11.3 Å². The van der Waals surface area contributed by atoms with Gasteiger partial charge in [0, 0.05) is 24.7 Å². The molecule has 22 heavy (non-hydrogen) atoms. The summed E-state index contributed by atoms with van der Waals surface area (Å²) in [5.41, 5.74) is 1.96. The standard InChI is InChI=1S/C19H29N2O/c1-15-5-8-20(9-6-15)10-7-17(22)21-14-19(4)12-16(21)11-18(2,3)13-19/h5-6,8-9,16H,7,10-14H2,1-4H3/q+1. The van der Waals surface area contributed by atoms with E-state index >= 15 is 0 Å². The number of aromatic nitrogens is 1. The van der Waals surface area contributed by atoms with Crippen LogP contribution in [0.1, 0.15) is 52.0 Å². The quantitative estimate of drug-likeness (QED) is 0.787. The smallest absolute Gasteiger partial charge is 0.229 e. The number of carbonyl (C=O) groups excluding carboxylic acids is 1. The molecular weight excluding hydrogens is 272 g/mol. The highest BCUT2D eigenvalue weighted by Gasteiger charge is 2.50. The fourth-order valence-electron chi connectivity index (χ4n) is 4.80.